The number of carboxylic acids is 1. The number of β-amino-alcohol motifs (C(OH)–C–C–N with tert-alkyl or cyclic N) is 1. The first-order valence-corrected chi connectivity index (χ1v) is 4.65. The SMILES string of the molecule is CCC(C(=O)O)N1CCC(C)(O)C1. The molecule has 1 aliphatic rings. The summed E-state index contributed by atoms with van der Waals surface area (Å²) in [7, 11) is 0. The summed E-state index contributed by atoms with van der Waals surface area (Å²) < 4.78 is 0. The van der Waals surface area contributed by atoms with Crippen molar-refractivity contribution in [3.05, 3.63) is 0 Å². The van der Waals surface area contributed by atoms with Gasteiger partial charge in [-0.25, -0.2) is 0 Å². The molecule has 0 radical (unpaired) electrons. The number of carbonyl (C=O) groups is 1. The smallest absolute Gasteiger partial charge is 0.320 e. The van der Waals surface area contributed by atoms with E-state index in [0.717, 1.165) is 0 Å². The maximum absolute atomic E-state index is 10.8. The Kier molecular flexibility index (Phi) is 2.93. The Balaban J connectivity index is 2.58. The summed E-state index contributed by atoms with van der Waals surface area (Å²) in [6.07, 6.45) is 1.25. The molecular formula is C9H17NO3. The molecule has 2 unspecified atom stereocenters. The van der Waals surface area contributed by atoms with Crippen LogP contribution in [0.3, 0.4) is 0 Å². The van der Waals surface area contributed by atoms with Gasteiger partial charge in [0.05, 0.1) is 5.60 Å². The van der Waals surface area contributed by atoms with Gasteiger partial charge in [-0.1, -0.05) is 6.92 Å². The highest BCUT2D eigenvalue weighted by molar-refractivity contribution is 5.73. The van der Waals surface area contributed by atoms with E-state index in [1.54, 1.807) is 6.92 Å². The zero-order chi connectivity index (χ0) is 10.1. The van der Waals surface area contributed by atoms with Gasteiger partial charge in [-0.15, -0.1) is 0 Å². The lowest BCUT2D eigenvalue weighted by atomic mass is 10.1. The van der Waals surface area contributed by atoms with Gasteiger partial charge in [0.1, 0.15) is 6.04 Å². The van der Waals surface area contributed by atoms with Crippen molar-refractivity contribution in [3.8, 4) is 0 Å². The van der Waals surface area contributed by atoms with Crippen molar-refractivity contribution >= 4 is 5.97 Å². The van der Waals surface area contributed by atoms with Crippen LogP contribution in [0.4, 0.5) is 0 Å². The van der Waals surface area contributed by atoms with E-state index < -0.39 is 17.6 Å². The molecule has 1 fully saturated rings. The van der Waals surface area contributed by atoms with Crippen LogP contribution in [-0.4, -0.2) is 45.8 Å². The molecule has 0 aromatic carbocycles. The van der Waals surface area contributed by atoms with Gasteiger partial charge in [0.2, 0.25) is 0 Å². The maximum Gasteiger partial charge on any atom is 0.320 e. The third-order valence-corrected chi connectivity index (χ3v) is 2.59. The van der Waals surface area contributed by atoms with Crippen LogP contribution in [0.1, 0.15) is 26.7 Å². The van der Waals surface area contributed by atoms with Gasteiger partial charge in [-0.3, -0.25) is 9.69 Å². The predicted octanol–water partition coefficient (Wildman–Crippen LogP) is 0.306. The first-order valence-electron chi connectivity index (χ1n) is 4.65. The minimum absolute atomic E-state index is 0.436. The quantitative estimate of drug-likeness (QED) is 0.667. The predicted molar refractivity (Wildman–Crippen MR) is 48.5 cm³/mol. The molecule has 0 saturated carbocycles. The zero-order valence-corrected chi connectivity index (χ0v) is 8.16. The summed E-state index contributed by atoms with van der Waals surface area (Å²) >= 11 is 0. The number of carboxylic acid groups (broad SMARTS) is 1. The zero-order valence-electron chi connectivity index (χ0n) is 8.16. The average Bonchev–Trinajstić information content (AvgIpc) is 2.31. The first-order chi connectivity index (χ1) is 5.96. The lowest BCUT2D eigenvalue weighted by Gasteiger charge is -2.24. The van der Waals surface area contributed by atoms with E-state index in [1.807, 2.05) is 11.8 Å². The highest BCUT2D eigenvalue weighted by atomic mass is 16.4. The number of rotatable bonds is 3. The van der Waals surface area contributed by atoms with E-state index in [2.05, 4.69) is 0 Å². The van der Waals surface area contributed by atoms with E-state index in [1.165, 1.54) is 0 Å². The molecule has 1 saturated heterocycles. The van der Waals surface area contributed by atoms with Crippen molar-refractivity contribution in [1.82, 2.24) is 4.90 Å². The van der Waals surface area contributed by atoms with Gasteiger partial charge >= 0.3 is 5.97 Å². The van der Waals surface area contributed by atoms with Crippen molar-refractivity contribution in [2.45, 2.75) is 38.3 Å². The fourth-order valence-corrected chi connectivity index (χ4v) is 1.84. The molecule has 1 heterocycles. The highest BCUT2D eigenvalue weighted by Gasteiger charge is 2.36. The van der Waals surface area contributed by atoms with Crippen LogP contribution in [0.25, 0.3) is 0 Å². The van der Waals surface area contributed by atoms with Crippen LogP contribution in [0, 0.1) is 0 Å². The van der Waals surface area contributed by atoms with E-state index in [0.29, 0.717) is 25.9 Å². The summed E-state index contributed by atoms with van der Waals surface area (Å²) in [6.45, 7) is 4.75. The minimum Gasteiger partial charge on any atom is -0.480 e. The van der Waals surface area contributed by atoms with Crippen molar-refractivity contribution < 1.29 is 15.0 Å². The largest absolute Gasteiger partial charge is 0.480 e. The normalized spacial score (nSPS) is 31.9. The first kappa shape index (κ1) is 10.5. The van der Waals surface area contributed by atoms with Crippen molar-refractivity contribution in [2.75, 3.05) is 13.1 Å². The summed E-state index contributed by atoms with van der Waals surface area (Å²) in [5.41, 5.74) is -0.705. The summed E-state index contributed by atoms with van der Waals surface area (Å²) in [4.78, 5) is 12.6. The van der Waals surface area contributed by atoms with Gasteiger partial charge < -0.3 is 10.2 Å². The summed E-state index contributed by atoms with van der Waals surface area (Å²) in [5.74, 6) is -0.791. The molecule has 0 aromatic rings. The van der Waals surface area contributed by atoms with Gasteiger partial charge in [0.25, 0.3) is 0 Å². The van der Waals surface area contributed by atoms with Crippen molar-refractivity contribution in [3.63, 3.8) is 0 Å². The molecule has 0 amide bonds. The molecule has 0 aliphatic carbocycles. The van der Waals surface area contributed by atoms with Crippen LogP contribution < -0.4 is 0 Å². The second-order valence-electron chi connectivity index (χ2n) is 3.98. The molecule has 2 atom stereocenters. The van der Waals surface area contributed by atoms with Gasteiger partial charge in [-0.05, 0) is 19.8 Å². The second-order valence-corrected chi connectivity index (χ2v) is 3.98. The fraction of sp³-hybridized carbons (Fsp3) is 0.889. The van der Waals surface area contributed by atoms with Crippen LogP contribution in [0.5, 0.6) is 0 Å². The molecule has 0 bridgehead atoms. The Morgan fingerprint density at radius 3 is 2.62 bits per heavy atom. The lowest BCUT2D eigenvalue weighted by Crippen LogP contribution is -2.41. The van der Waals surface area contributed by atoms with Crippen LogP contribution in [0.2, 0.25) is 0 Å². The van der Waals surface area contributed by atoms with Crippen LogP contribution >= 0.6 is 0 Å². The van der Waals surface area contributed by atoms with E-state index in [4.69, 9.17) is 5.11 Å². The second kappa shape index (κ2) is 3.64. The Morgan fingerprint density at radius 1 is 1.69 bits per heavy atom. The highest BCUT2D eigenvalue weighted by Crippen LogP contribution is 2.23. The molecular weight excluding hydrogens is 170 g/mol. The van der Waals surface area contributed by atoms with Crippen LogP contribution in [-0.2, 0) is 4.79 Å². The standard InChI is InChI=1S/C9H17NO3/c1-3-7(8(11)12)10-5-4-9(2,13)6-10/h7,13H,3-6H2,1-2H3,(H,11,12). The number of likely N-dealkylation sites (tertiary alicyclic amines) is 1. The Morgan fingerprint density at radius 2 is 2.31 bits per heavy atom. The molecule has 4 heteroatoms. The summed E-state index contributed by atoms with van der Waals surface area (Å²) in [6, 6.07) is -0.436. The van der Waals surface area contributed by atoms with Gasteiger partial charge in [0.15, 0.2) is 0 Å². The van der Waals surface area contributed by atoms with E-state index >= 15 is 0 Å². The topological polar surface area (TPSA) is 60.8 Å². The van der Waals surface area contributed by atoms with Gasteiger partial charge in [-0.2, -0.15) is 0 Å². The molecule has 13 heavy (non-hydrogen) atoms. The molecule has 76 valence electrons. The number of aliphatic hydroxyl groups is 1. The van der Waals surface area contributed by atoms with Crippen molar-refractivity contribution in [2.24, 2.45) is 0 Å². The Hall–Kier alpha value is -0.610. The van der Waals surface area contributed by atoms with Gasteiger partial charge in [0, 0.05) is 13.1 Å². The monoisotopic (exact) mass is 187 g/mol. The average molecular weight is 187 g/mol. The van der Waals surface area contributed by atoms with Crippen molar-refractivity contribution in [1.29, 1.82) is 0 Å². The number of aliphatic carboxylic acids is 1. The van der Waals surface area contributed by atoms with Crippen LogP contribution in [0.15, 0.2) is 0 Å². The molecule has 1 aliphatic heterocycles. The lowest BCUT2D eigenvalue weighted by molar-refractivity contribution is -0.143. The van der Waals surface area contributed by atoms with E-state index in [9.17, 15) is 9.90 Å². The number of hydrogen-bond acceptors (Lipinski definition) is 3. The fourth-order valence-electron chi connectivity index (χ4n) is 1.84. The number of hydrogen-bond donors (Lipinski definition) is 2. The molecule has 1 rings (SSSR count). The Labute approximate surface area is 78.2 Å². The molecule has 2 N–H and O–H groups in total. The number of nitrogens with zero attached hydrogens (tertiary/aromatic N) is 1. The Bertz CT molecular complexity index is 203. The summed E-state index contributed by atoms with van der Waals surface area (Å²) in [5, 5.41) is 18.5. The molecule has 0 spiro atoms. The molecule has 4 nitrogen and oxygen atoms in total. The third kappa shape index (κ3) is 2.42. The minimum atomic E-state index is -0.791. The maximum atomic E-state index is 10.8. The van der Waals surface area contributed by atoms with E-state index in [-0.39, 0.29) is 0 Å². The third-order valence-electron chi connectivity index (χ3n) is 2.59. The molecule has 0 aromatic heterocycles.